The fourth-order valence-corrected chi connectivity index (χ4v) is 6.02. The molecule has 232 valence electrons. The van der Waals surface area contributed by atoms with Gasteiger partial charge in [0.05, 0.1) is 22.0 Å². The normalized spacial score (nSPS) is 12.8. The van der Waals surface area contributed by atoms with Crippen molar-refractivity contribution < 1.29 is 18.0 Å². The highest BCUT2D eigenvalue weighted by molar-refractivity contribution is 7.92. The van der Waals surface area contributed by atoms with Crippen molar-refractivity contribution in [1.82, 2.24) is 10.2 Å². The molecule has 0 aliphatic carbocycles. The third kappa shape index (κ3) is 10.3. The Morgan fingerprint density at radius 2 is 1.53 bits per heavy atom. The van der Waals surface area contributed by atoms with Gasteiger partial charge in [-0.05, 0) is 67.1 Å². The van der Waals surface area contributed by atoms with Gasteiger partial charge < -0.3 is 10.2 Å². The van der Waals surface area contributed by atoms with E-state index in [1.165, 1.54) is 4.31 Å². The van der Waals surface area contributed by atoms with E-state index in [0.29, 0.717) is 22.2 Å². The molecule has 3 aromatic carbocycles. The minimum absolute atomic E-state index is 0.0439. The van der Waals surface area contributed by atoms with Gasteiger partial charge in [0.25, 0.3) is 0 Å². The predicted octanol–water partition coefficient (Wildman–Crippen LogP) is 6.66. The number of benzene rings is 3. The summed E-state index contributed by atoms with van der Waals surface area (Å²) in [5, 5.41) is 3.80. The molecule has 0 aromatic heterocycles. The highest BCUT2D eigenvalue weighted by atomic mass is 35.5. The predicted molar refractivity (Wildman–Crippen MR) is 176 cm³/mol. The zero-order valence-corrected chi connectivity index (χ0v) is 27.6. The van der Waals surface area contributed by atoms with Crippen molar-refractivity contribution in [1.29, 1.82) is 0 Å². The van der Waals surface area contributed by atoms with Crippen molar-refractivity contribution in [2.24, 2.45) is 0 Å². The molecule has 2 atom stereocenters. The van der Waals surface area contributed by atoms with Crippen LogP contribution in [0.5, 0.6) is 0 Å². The van der Waals surface area contributed by atoms with Gasteiger partial charge in [0, 0.05) is 32.0 Å². The first-order valence-electron chi connectivity index (χ1n) is 14.6. The molecule has 0 unspecified atom stereocenters. The second-order valence-electron chi connectivity index (χ2n) is 10.8. The van der Waals surface area contributed by atoms with E-state index in [2.05, 4.69) is 5.32 Å². The van der Waals surface area contributed by atoms with Crippen LogP contribution in [0.1, 0.15) is 56.7 Å². The summed E-state index contributed by atoms with van der Waals surface area (Å²) in [5.74, 6) is -0.513. The van der Waals surface area contributed by atoms with Crippen molar-refractivity contribution in [3.63, 3.8) is 0 Å². The molecule has 3 aromatic rings. The molecule has 43 heavy (non-hydrogen) atoms. The average molecular weight is 647 g/mol. The summed E-state index contributed by atoms with van der Waals surface area (Å²) in [7, 11) is -3.58. The van der Waals surface area contributed by atoms with Gasteiger partial charge in [-0.1, -0.05) is 85.6 Å². The van der Waals surface area contributed by atoms with E-state index in [1.54, 1.807) is 35.2 Å². The molecule has 0 aliphatic rings. The number of nitrogens with one attached hydrogen (secondary N) is 1. The number of anilines is 1. The van der Waals surface area contributed by atoms with Crippen LogP contribution in [-0.4, -0.2) is 50.0 Å². The lowest BCUT2D eigenvalue weighted by Gasteiger charge is -2.33. The van der Waals surface area contributed by atoms with Gasteiger partial charge in [0.15, 0.2) is 0 Å². The number of aryl methyl sites for hydroxylation is 1. The highest BCUT2D eigenvalue weighted by Gasteiger charge is 2.31. The minimum Gasteiger partial charge on any atom is -0.352 e. The van der Waals surface area contributed by atoms with Crippen LogP contribution in [0.4, 0.5) is 5.69 Å². The largest absolute Gasteiger partial charge is 0.352 e. The third-order valence-electron chi connectivity index (χ3n) is 7.39. The number of carbonyl (C=O) groups is 2. The molecule has 2 amide bonds. The lowest BCUT2D eigenvalue weighted by molar-refractivity contribution is -0.141. The standard InChI is InChI=1S/C33H41Cl2N3O4S/c1-5-24(3)36-33(40)31(22-26-11-8-7-9-12-26)37(23-27-16-19-29(34)30(35)21-27)32(39)13-10-20-38(43(4,41)42)28-17-14-25(6-2)15-18-28/h7-9,11-12,14-19,21,24,31H,5-6,10,13,20,22-23H2,1-4H3,(H,36,40)/t24-,31+/m1/s1. The zero-order chi connectivity index (χ0) is 31.6. The van der Waals surface area contributed by atoms with Crippen molar-refractivity contribution in [2.75, 3.05) is 17.1 Å². The van der Waals surface area contributed by atoms with Crippen molar-refractivity contribution >= 4 is 50.7 Å². The third-order valence-corrected chi connectivity index (χ3v) is 9.33. The molecule has 0 saturated heterocycles. The molecule has 0 saturated carbocycles. The fraction of sp³-hybridized carbons (Fsp3) is 0.394. The van der Waals surface area contributed by atoms with Crippen LogP contribution in [0.2, 0.25) is 10.0 Å². The quantitative estimate of drug-likeness (QED) is 0.200. The molecule has 10 heteroatoms. The molecule has 0 radical (unpaired) electrons. The van der Waals surface area contributed by atoms with E-state index in [1.807, 2.05) is 63.2 Å². The highest BCUT2D eigenvalue weighted by Crippen LogP contribution is 2.25. The molecular weight excluding hydrogens is 605 g/mol. The first kappa shape index (κ1) is 34.4. The van der Waals surface area contributed by atoms with Gasteiger partial charge >= 0.3 is 0 Å². The number of carbonyl (C=O) groups excluding carboxylic acids is 2. The van der Waals surface area contributed by atoms with E-state index in [-0.39, 0.29) is 43.8 Å². The Labute approximate surface area is 266 Å². The van der Waals surface area contributed by atoms with Gasteiger partial charge in [-0.2, -0.15) is 0 Å². The number of halogens is 2. The first-order valence-corrected chi connectivity index (χ1v) is 17.2. The average Bonchev–Trinajstić information content (AvgIpc) is 2.98. The molecule has 1 N–H and O–H groups in total. The van der Waals surface area contributed by atoms with Crippen LogP contribution < -0.4 is 9.62 Å². The molecule has 0 bridgehead atoms. The van der Waals surface area contributed by atoms with Gasteiger partial charge in [-0.3, -0.25) is 13.9 Å². The van der Waals surface area contributed by atoms with Crippen LogP contribution in [0.25, 0.3) is 0 Å². The number of nitrogens with zero attached hydrogens (tertiary/aromatic N) is 2. The van der Waals surface area contributed by atoms with Crippen LogP contribution in [0.15, 0.2) is 72.8 Å². The monoisotopic (exact) mass is 645 g/mol. The Morgan fingerprint density at radius 1 is 0.884 bits per heavy atom. The molecule has 7 nitrogen and oxygen atoms in total. The lowest BCUT2D eigenvalue weighted by atomic mass is 10.0. The van der Waals surface area contributed by atoms with E-state index >= 15 is 0 Å². The Balaban J connectivity index is 1.90. The Morgan fingerprint density at radius 3 is 2.12 bits per heavy atom. The molecule has 0 heterocycles. The van der Waals surface area contributed by atoms with Crippen LogP contribution in [0.3, 0.4) is 0 Å². The van der Waals surface area contributed by atoms with E-state index in [0.717, 1.165) is 35.8 Å². The Bertz CT molecular complexity index is 1470. The maximum atomic E-state index is 14.0. The van der Waals surface area contributed by atoms with Gasteiger partial charge in [-0.15, -0.1) is 0 Å². The molecule has 3 rings (SSSR count). The number of hydrogen-bond acceptors (Lipinski definition) is 4. The second-order valence-corrected chi connectivity index (χ2v) is 13.5. The molecule has 0 spiro atoms. The maximum Gasteiger partial charge on any atom is 0.243 e. The molecular formula is C33H41Cl2N3O4S. The molecule has 0 aliphatic heterocycles. The summed E-state index contributed by atoms with van der Waals surface area (Å²) in [4.78, 5) is 29.2. The first-order chi connectivity index (χ1) is 20.4. The smallest absolute Gasteiger partial charge is 0.243 e. The summed E-state index contributed by atoms with van der Waals surface area (Å²) in [6.45, 7) is 6.20. The maximum absolute atomic E-state index is 14.0. The van der Waals surface area contributed by atoms with E-state index in [4.69, 9.17) is 23.2 Å². The summed E-state index contributed by atoms with van der Waals surface area (Å²) in [6.07, 6.45) is 3.37. The van der Waals surface area contributed by atoms with Gasteiger partial charge in [-0.25, -0.2) is 8.42 Å². The summed E-state index contributed by atoms with van der Waals surface area (Å²) >= 11 is 12.4. The van der Waals surface area contributed by atoms with Gasteiger partial charge in [0.1, 0.15) is 6.04 Å². The van der Waals surface area contributed by atoms with Crippen LogP contribution in [-0.2, 0) is 39.0 Å². The summed E-state index contributed by atoms with van der Waals surface area (Å²) in [5.41, 5.74) is 3.29. The number of sulfonamides is 1. The number of amides is 2. The second kappa shape index (κ2) is 16.1. The Kier molecular flexibility index (Phi) is 12.9. The van der Waals surface area contributed by atoms with E-state index in [9.17, 15) is 18.0 Å². The van der Waals surface area contributed by atoms with Crippen LogP contribution in [0, 0.1) is 0 Å². The Hall–Kier alpha value is -3.07. The van der Waals surface area contributed by atoms with Crippen molar-refractivity contribution in [3.8, 4) is 0 Å². The van der Waals surface area contributed by atoms with E-state index < -0.39 is 16.1 Å². The zero-order valence-electron chi connectivity index (χ0n) is 25.2. The number of hydrogen-bond donors (Lipinski definition) is 1. The minimum atomic E-state index is -3.58. The van der Waals surface area contributed by atoms with Crippen LogP contribution >= 0.6 is 23.2 Å². The van der Waals surface area contributed by atoms with Gasteiger partial charge in [0.2, 0.25) is 21.8 Å². The summed E-state index contributed by atoms with van der Waals surface area (Å²) in [6, 6.07) is 21.2. The molecule has 0 fully saturated rings. The number of rotatable bonds is 15. The topological polar surface area (TPSA) is 86.8 Å². The van der Waals surface area contributed by atoms with Crippen molar-refractivity contribution in [3.05, 3.63) is 99.5 Å². The lowest BCUT2D eigenvalue weighted by Crippen LogP contribution is -2.52. The SMILES string of the molecule is CCc1ccc(N(CCCC(=O)N(Cc2ccc(Cl)c(Cl)c2)[C@@H](Cc2ccccc2)C(=O)N[C@H](C)CC)S(C)(=O)=O)cc1. The van der Waals surface area contributed by atoms with Crippen molar-refractivity contribution in [2.45, 2.75) is 71.5 Å². The summed E-state index contributed by atoms with van der Waals surface area (Å²) < 4.78 is 26.7. The fourth-order valence-electron chi connectivity index (χ4n) is 4.73.